The molecule has 1 aromatic carbocycles. The van der Waals surface area contributed by atoms with Gasteiger partial charge in [0.1, 0.15) is 5.82 Å². The molecule has 0 saturated carbocycles. The number of halogens is 1. The van der Waals surface area contributed by atoms with Crippen molar-refractivity contribution < 1.29 is 4.39 Å². The smallest absolute Gasteiger partial charge is 0.123 e. The first-order valence-corrected chi connectivity index (χ1v) is 5.97. The van der Waals surface area contributed by atoms with Crippen molar-refractivity contribution in [2.75, 3.05) is 0 Å². The Morgan fingerprint density at radius 3 is 2.56 bits per heavy atom. The van der Waals surface area contributed by atoms with Crippen LogP contribution >= 0.6 is 0 Å². The zero-order chi connectivity index (χ0) is 13.3. The summed E-state index contributed by atoms with van der Waals surface area (Å²) in [5, 5.41) is 4.48. The van der Waals surface area contributed by atoms with Gasteiger partial charge >= 0.3 is 0 Å². The third kappa shape index (κ3) is 2.43. The minimum Gasteiger partial charge on any atom is -0.325 e. The Hall–Kier alpha value is -1.68. The molecule has 0 fully saturated rings. The number of hydrogen-bond donors (Lipinski definition) is 1. The molecule has 0 saturated heterocycles. The lowest BCUT2D eigenvalue weighted by atomic mass is 10.1. The van der Waals surface area contributed by atoms with Gasteiger partial charge in [-0.3, -0.25) is 4.68 Å². The van der Waals surface area contributed by atoms with Gasteiger partial charge in [0.05, 0.1) is 16.9 Å². The van der Waals surface area contributed by atoms with Gasteiger partial charge in [0, 0.05) is 12.1 Å². The Labute approximate surface area is 106 Å². The van der Waals surface area contributed by atoms with Gasteiger partial charge in [-0.25, -0.2) is 4.39 Å². The standard InChI is InChI=1S/C14H18FN3/c1-14(2,3)18-13(8-12(9-16)17-18)10-5-4-6-11(15)7-10/h4-8H,9,16H2,1-3H3. The van der Waals surface area contributed by atoms with Crippen LogP contribution in [0.5, 0.6) is 0 Å². The van der Waals surface area contributed by atoms with E-state index in [1.165, 1.54) is 12.1 Å². The van der Waals surface area contributed by atoms with E-state index in [1.807, 2.05) is 16.8 Å². The molecule has 96 valence electrons. The normalized spacial score (nSPS) is 11.8. The lowest BCUT2D eigenvalue weighted by Crippen LogP contribution is -2.24. The summed E-state index contributed by atoms with van der Waals surface area (Å²) in [6, 6.07) is 8.44. The molecule has 0 aliphatic heterocycles. The largest absolute Gasteiger partial charge is 0.325 e. The van der Waals surface area contributed by atoms with E-state index in [0.717, 1.165) is 17.0 Å². The summed E-state index contributed by atoms with van der Waals surface area (Å²) < 4.78 is 15.2. The third-order valence-corrected chi connectivity index (χ3v) is 2.72. The van der Waals surface area contributed by atoms with E-state index in [-0.39, 0.29) is 11.4 Å². The summed E-state index contributed by atoms with van der Waals surface area (Å²) in [6.07, 6.45) is 0. The molecule has 3 nitrogen and oxygen atoms in total. The Bertz CT molecular complexity index is 552. The lowest BCUT2D eigenvalue weighted by Gasteiger charge is -2.22. The second kappa shape index (κ2) is 4.53. The van der Waals surface area contributed by atoms with E-state index in [2.05, 4.69) is 25.9 Å². The van der Waals surface area contributed by atoms with Gasteiger partial charge in [0.2, 0.25) is 0 Å². The van der Waals surface area contributed by atoms with Crippen LogP contribution in [0.1, 0.15) is 26.5 Å². The molecule has 0 amide bonds. The van der Waals surface area contributed by atoms with Crippen molar-refractivity contribution in [2.24, 2.45) is 5.73 Å². The molecule has 4 heteroatoms. The second-order valence-electron chi connectivity index (χ2n) is 5.32. The molecule has 0 aliphatic rings. The number of rotatable bonds is 2. The highest BCUT2D eigenvalue weighted by Crippen LogP contribution is 2.26. The van der Waals surface area contributed by atoms with Crippen LogP contribution < -0.4 is 5.73 Å². The number of benzene rings is 1. The quantitative estimate of drug-likeness (QED) is 0.886. The van der Waals surface area contributed by atoms with Crippen molar-refractivity contribution in [3.8, 4) is 11.3 Å². The summed E-state index contributed by atoms with van der Waals surface area (Å²) in [5.74, 6) is -0.247. The first-order valence-electron chi connectivity index (χ1n) is 5.97. The average Bonchev–Trinajstić information content (AvgIpc) is 2.72. The maximum atomic E-state index is 13.3. The first kappa shape index (κ1) is 12.8. The second-order valence-corrected chi connectivity index (χ2v) is 5.32. The van der Waals surface area contributed by atoms with Gasteiger partial charge in [-0.15, -0.1) is 0 Å². The minimum absolute atomic E-state index is 0.172. The van der Waals surface area contributed by atoms with Gasteiger partial charge in [0.15, 0.2) is 0 Å². The van der Waals surface area contributed by atoms with E-state index in [4.69, 9.17) is 5.73 Å². The van der Waals surface area contributed by atoms with E-state index in [9.17, 15) is 4.39 Å². The molecule has 2 aromatic rings. The van der Waals surface area contributed by atoms with E-state index >= 15 is 0 Å². The van der Waals surface area contributed by atoms with Gasteiger partial charge in [-0.05, 0) is 39.0 Å². The van der Waals surface area contributed by atoms with Crippen LogP contribution in [0.15, 0.2) is 30.3 Å². The highest BCUT2D eigenvalue weighted by atomic mass is 19.1. The third-order valence-electron chi connectivity index (χ3n) is 2.72. The summed E-state index contributed by atoms with van der Waals surface area (Å²) in [6.45, 7) is 6.56. The van der Waals surface area contributed by atoms with E-state index < -0.39 is 0 Å². The Morgan fingerprint density at radius 1 is 1.28 bits per heavy atom. The van der Waals surface area contributed by atoms with E-state index in [1.54, 1.807) is 6.07 Å². The first-order chi connectivity index (χ1) is 8.41. The summed E-state index contributed by atoms with van der Waals surface area (Å²) in [5.41, 5.74) is 7.98. The molecule has 1 heterocycles. The zero-order valence-corrected chi connectivity index (χ0v) is 10.9. The van der Waals surface area contributed by atoms with Crippen molar-refractivity contribution in [2.45, 2.75) is 32.9 Å². The zero-order valence-electron chi connectivity index (χ0n) is 10.9. The SMILES string of the molecule is CC(C)(C)n1nc(CN)cc1-c1cccc(F)c1. The van der Waals surface area contributed by atoms with Gasteiger partial charge in [-0.2, -0.15) is 5.10 Å². The number of nitrogens with zero attached hydrogens (tertiary/aromatic N) is 2. The van der Waals surface area contributed by atoms with Gasteiger partial charge in [0.25, 0.3) is 0 Å². The van der Waals surface area contributed by atoms with Crippen LogP contribution in [0.25, 0.3) is 11.3 Å². The molecular formula is C14H18FN3. The highest BCUT2D eigenvalue weighted by Gasteiger charge is 2.20. The fraction of sp³-hybridized carbons (Fsp3) is 0.357. The molecule has 0 aliphatic carbocycles. The van der Waals surface area contributed by atoms with Crippen molar-refractivity contribution in [1.82, 2.24) is 9.78 Å². The molecule has 0 spiro atoms. The van der Waals surface area contributed by atoms with Crippen LogP contribution in [0.3, 0.4) is 0 Å². The molecule has 0 radical (unpaired) electrons. The van der Waals surface area contributed by atoms with E-state index in [0.29, 0.717) is 6.54 Å². The van der Waals surface area contributed by atoms with Gasteiger partial charge in [-0.1, -0.05) is 12.1 Å². The van der Waals surface area contributed by atoms with Crippen molar-refractivity contribution in [3.63, 3.8) is 0 Å². The fourth-order valence-electron chi connectivity index (χ4n) is 1.89. The van der Waals surface area contributed by atoms with Crippen LogP contribution in [-0.2, 0) is 12.1 Å². The average molecular weight is 247 g/mol. The summed E-state index contributed by atoms with van der Waals surface area (Å²) >= 11 is 0. The number of aromatic nitrogens is 2. The fourth-order valence-corrected chi connectivity index (χ4v) is 1.89. The molecule has 0 unspecified atom stereocenters. The topological polar surface area (TPSA) is 43.8 Å². The molecular weight excluding hydrogens is 229 g/mol. The highest BCUT2D eigenvalue weighted by molar-refractivity contribution is 5.60. The Morgan fingerprint density at radius 2 is 2.00 bits per heavy atom. The van der Waals surface area contributed by atoms with Crippen LogP contribution in [0, 0.1) is 5.82 Å². The number of hydrogen-bond acceptors (Lipinski definition) is 2. The lowest BCUT2D eigenvalue weighted by molar-refractivity contribution is 0.357. The maximum Gasteiger partial charge on any atom is 0.123 e. The molecule has 1 aromatic heterocycles. The van der Waals surface area contributed by atoms with Crippen LogP contribution in [0.4, 0.5) is 4.39 Å². The summed E-state index contributed by atoms with van der Waals surface area (Å²) in [4.78, 5) is 0. The Balaban J connectivity index is 2.59. The van der Waals surface area contributed by atoms with Crippen molar-refractivity contribution >= 4 is 0 Å². The maximum absolute atomic E-state index is 13.3. The van der Waals surface area contributed by atoms with Crippen LogP contribution in [-0.4, -0.2) is 9.78 Å². The molecule has 18 heavy (non-hydrogen) atoms. The minimum atomic E-state index is -0.247. The van der Waals surface area contributed by atoms with Crippen molar-refractivity contribution in [3.05, 3.63) is 41.8 Å². The van der Waals surface area contributed by atoms with Gasteiger partial charge < -0.3 is 5.73 Å². The number of nitrogens with two attached hydrogens (primary N) is 1. The molecule has 2 rings (SSSR count). The summed E-state index contributed by atoms with van der Waals surface area (Å²) in [7, 11) is 0. The monoisotopic (exact) mass is 247 g/mol. The predicted octanol–water partition coefficient (Wildman–Crippen LogP) is 2.90. The van der Waals surface area contributed by atoms with Crippen LogP contribution in [0.2, 0.25) is 0 Å². The molecule has 0 bridgehead atoms. The molecule has 2 N–H and O–H groups in total. The Kier molecular flexibility index (Phi) is 3.22. The molecule has 0 atom stereocenters. The van der Waals surface area contributed by atoms with Crippen molar-refractivity contribution in [1.29, 1.82) is 0 Å². The predicted molar refractivity (Wildman–Crippen MR) is 70.5 cm³/mol.